The number of ether oxygens (including phenoxy) is 1. The highest BCUT2D eigenvalue weighted by atomic mass is 16.5. The monoisotopic (exact) mass is 171 g/mol. The van der Waals surface area contributed by atoms with Crippen molar-refractivity contribution >= 4 is 0 Å². The predicted octanol–water partition coefficient (Wildman–Crippen LogP) is 1.75. The summed E-state index contributed by atoms with van der Waals surface area (Å²) in [6.07, 6.45) is 2.41. The van der Waals surface area contributed by atoms with Crippen LogP contribution in [-0.2, 0) is 4.74 Å². The zero-order chi connectivity index (χ0) is 9.03. The molecule has 2 heteroatoms. The number of nitrogens with zero attached hydrogens (tertiary/aromatic N) is 1. The topological polar surface area (TPSA) is 12.5 Å². The van der Waals surface area contributed by atoms with E-state index in [0.717, 1.165) is 13.2 Å². The van der Waals surface area contributed by atoms with Crippen LogP contribution in [0.2, 0.25) is 0 Å². The van der Waals surface area contributed by atoms with Gasteiger partial charge >= 0.3 is 0 Å². The average Bonchev–Trinajstić information content (AvgIpc) is 2.05. The molecule has 2 nitrogen and oxygen atoms in total. The predicted molar refractivity (Wildman–Crippen MR) is 51.3 cm³/mol. The fourth-order valence-electron chi connectivity index (χ4n) is 1.46. The second-order valence-electron chi connectivity index (χ2n) is 4.62. The highest BCUT2D eigenvalue weighted by Gasteiger charge is 2.19. The van der Waals surface area contributed by atoms with Crippen LogP contribution in [0.1, 0.15) is 26.7 Å². The smallest absolute Gasteiger partial charge is 0.0517 e. The number of hydrogen-bond donors (Lipinski definition) is 0. The fraction of sp³-hybridized carbons (Fsp3) is 1.00. The zero-order valence-electron chi connectivity index (χ0n) is 8.60. The molecule has 0 aliphatic carbocycles. The Morgan fingerprint density at radius 2 is 2.00 bits per heavy atom. The molecule has 1 aliphatic heterocycles. The third-order valence-corrected chi connectivity index (χ3v) is 2.49. The normalized spacial score (nSPS) is 27.2. The molecule has 0 aromatic carbocycles. The molecule has 1 heterocycles. The maximum atomic E-state index is 5.59. The molecule has 0 aromatic rings. The van der Waals surface area contributed by atoms with Crippen LogP contribution >= 0.6 is 0 Å². The Morgan fingerprint density at radius 1 is 1.25 bits per heavy atom. The maximum absolute atomic E-state index is 5.59. The van der Waals surface area contributed by atoms with Crippen LogP contribution in [0.3, 0.4) is 0 Å². The van der Waals surface area contributed by atoms with Crippen molar-refractivity contribution in [1.29, 1.82) is 0 Å². The van der Waals surface area contributed by atoms with Crippen LogP contribution in [-0.4, -0.2) is 38.3 Å². The van der Waals surface area contributed by atoms with Crippen molar-refractivity contribution in [2.24, 2.45) is 5.41 Å². The van der Waals surface area contributed by atoms with Gasteiger partial charge in [-0.25, -0.2) is 0 Å². The minimum atomic E-state index is 0.360. The van der Waals surface area contributed by atoms with Crippen LogP contribution in [0.25, 0.3) is 0 Å². The highest BCUT2D eigenvalue weighted by molar-refractivity contribution is 4.71. The Labute approximate surface area is 75.9 Å². The van der Waals surface area contributed by atoms with Gasteiger partial charge in [0.1, 0.15) is 0 Å². The minimum absolute atomic E-state index is 0.360. The van der Waals surface area contributed by atoms with E-state index in [0.29, 0.717) is 5.41 Å². The van der Waals surface area contributed by atoms with Gasteiger partial charge < -0.3 is 9.64 Å². The first kappa shape index (κ1) is 10.0. The maximum Gasteiger partial charge on any atom is 0.0517 e. The molecule has 0 bridgehead atoms. The Kier molecular flexibility index (Phi) is 3.53. The molecule has 72 valence electrons. The molecule has 0 aromatic heterocycles. The molecule has 12 heavy (non-hydrogen) atoms. The largest absolute Gasteiger partial charge is 0.381 e. The van der Waals surface area contributed by atoms with Gasteiger partial charge in [-0.2, -0.15) is 0 Å². The average molecular weight is 171 g/mol. The molecule has 0 unspecified atom stereocenters. The summed E-state index contributed by atoms with van der Waals surface area (Å²) in [5.74, 6) is 0. The molecule has 0 spiro atoms. The molecule has 1 saturated heterocycles. The molecule has 0 radical (unpaired) electrons. The summed E-state index contributed by atoms with van der Waals surface area (Å²) >= 11 is 0. The van der Waals surface area contributed by atoms with Gasteiger partial charge in [0.2, 0.25) is 0 Å². The summed E-state index contributed by atoms with van der Waals surface area (Å²) in [5.41, 5.74) is 0.360. The summed E-state index contributed by atoms with van der Waals surface area (Å²) in [7, 11) is 2.20. The van der Waals surface area contributed by atoms with Crippen molar-refractivity contribution in [2.75, 3.05) is 33.4 Å². The lowest BCUT2D eigenvalue weighted by molar-refractivity contribution is 0.0627. The Bertz CT molecular complexity index is 134. The first-order valence-corrected chi connectivity index (χ1v) is 4.86. The van der Waals surface area contributed by atoms with E-state index in [-0.39, 0.29) is 0 Å². The van der Waals surface area contributed by atoms with Crippen LogP contribution in [0.5, 0.6) is 0 Å². The summed E-state index contributed by atoms with van der Waals surface area (Å²) < 4.78 is 5.59. The van der Waals surface area contributed by atoms with E-state index in [9.17, 15) is 0 Å². The number of hydrogen-bond acceptors (Lipinski definition) is 2. The molecular weight excluding hydrogens is 150 g/mol. The van der Waals surface area contributed by atoms with E-state index < -0.39 is 0 Å². The molecule has 0 amide bonds. The van der Waals surface area contributed by atoms with Crippen LogP contribution < -0.4 is 0 Å². The quantitative estimate of drug-likeness (QED) is 0.550. The van der Waals surface area contributed by atoms with Crippen LogP contribution in [0.15, 0.2) is 0 Å². The summed E-state index contributed by atoms with van der Waals surface area (Å²) in [6.45, 7) is 8.79. The minimum Gasteiger partial charge on any atom is -0.381 e. The van der Waals surface area contributed by atoms with E-state index in [1.54, 1.807) is 0 Å². The third kappa shape index (κ3) is 3.55. The standard InChI is InChI=1S/C10H21NO/c1-10(2)5-7-11(3)6-4-8-12-9-10/h4-9H2,1-3H3. The first-order chi connectivity index (χ1) is 5.60. The van der Waals surface area contributed by atoms with Crippen molar-refractivity contribution in [3.05, 3.63) is 0 Å². The van der Waals surface area contributed by atoms with Crippen molar-refractivity contribution in [3.8, 4) is 0 Å². The second-order valence-corrected chi connectivity index (χ2v) is 4.62. The van der Waals surface area contributed by atoms with E-state index in [1.807, 2.05) is 0 Å². The lowest BCUT2D eigenvalue weighted by Crippen LogP contribution is -2.26. The van der Waals surface area contributed by atoms with Gasteiger partial charge in [-0.05, 0) is 31.8 Å². The SMILES string of the molecule is CN1CCCOCC(C)(C)CC1. The fourth-order valence-corrected chi connectivity index (χ4v) is 1.46. The van der Waals surface area contributed by atoms with Gasteiger partial charge in [-0.1, -0.05) is 13.8 Å². The first-order valence-electron chi connectivity index (χ1n) is 4.86. The second kappa shape index (κ2) is 4.24. The summed E-state index contributed by atoms with van der Waals surface area (Å²) in [5, 5.41) is 0. The van der Waals surface area contributed by atoms with Crippen molar-refractivity contribution < 1.29 is 4.74 Å². The van der Waals surface area contributed by atoms with Gasteiger partial charge in [-0.15, -0.1) is 0 Å². The summed E-state index contributed by atoms with van der Waals surface area (Å²) in [4.78, 5) is 2.40. The van der Waals surface area contributed by atoms with Crippen LogP contribution in [0.4, 0.5) is 0 Å². The number of rotatable bonds is 0. The van der Waals surface area contributed by atoms with E-state index in [4.69, 9.17) is 4.74 Å². The summed E-state index contributed by atoms with van der Waals surface area (Å²) in [6, 6.07) is 0. The zero-order valence-corrected chi connectivity index (χ0v) is 8.60. The Hall–Kier alpha value is -0.0800. The Balaban J connectivity index is 2.40. The molecule has 0 atom stereocenters. The van der Waals surface area contributed by atoms with Gasteiger partial charge in [0.05, 0.1) is 6.61 Å². The molecule has 0 N–H and O–H groups in total. The van der Waals surface area contributed by atoms with Gasteiger partial charge in [0.25, 0.3) is 0 Å². The van der Waals surface area contributed by atoms with Gasteiger partial charge in [0.15, 0.2) is 0 Å². The molecule has 1 aliphatic rings. The van der Waals surface area contributed by atoms with E-state index >= 15 is 0 Å². The van der Waals surface area contributed by atoms with E-state index in [1.165, 1.54) is 25.9 Å². The molecule has 1 fully saturated rings. The molecule has 1 rings (SSSR count). The highest BCUT2D eigenvalue weighted by Crippen LogP contribution is 2.21. The van der Waals surface area contributed by atoms with Gasteiger partial charge in [-0.3, -0.25) is 0 Å². The Morgan fingerprint density at radius 3 is 2.75 bits per heavy atom. The third-order valence-electron chi connectivity index (χ3n) is 2.49. The molecule has 0 saturated carbocycles. The van der Waals surface area contributed by atoms with Crippen molar-refractivity contribution in [3.63, 3.8) is 0 Å². The lowest BCUT2D eigenvalue weighted by Gasteiger charge is -2.25. The molecular formula is C10H21NO. The van der Waals surface area contributed by atoms with Crippen molar-refractivity contribution in [2.45, 2.75) is 26.7 Å². The van der Waals surface area contributed by atoms with Gasteiger partial charge in [0, 0.05) is 13.2 Å². The van der Waals surface area contributed by atoms with E-state index in [2.05, 4.69) is 25.8 Å². The van der Waals surface area contributed by atoms with Crippen LogP contribution in [0, 0.1) is 5.41 Å². The van der Waals surface area contributed by atoms with Crippen molar-refractivity contribution in [1.82, 2.24) is 4.90 Å². The lowest BCUT2D eigenvalue weighted by atomic mass is 9.90.